The number of hydrogen-bond donors (Lipinski definition) is 0. The molecule has 0 aliphatic heterocycles. The highest BCUT2D eigenvalue weighted by Crippen LogP contribution is 2.40. The Morgan fingerprint density at radius 2 is 1.02 bits per heavy atom. The SMILES string of the molecule is C=Cc1oc2ccccc2c1CCCc1ccc2oc3ccccc3c2c1-c1nc(-c2ccccc2)nc(-c2ccc(-c3ccccc3)cc2)n1. The minimum Gasteiger partial charge on any atom is -0.456 e. The van der Waals surface area contributed by atoms with E-state index < -0.39 is 0 Å². The minimum atomic E-state index is 0.620. The zero-order valence-corrected chi connectivity index (χ0v) is 27.9. The molecule has 0 unspecified atom stereocenters. The largest absolute Gasteiger partial charge is 0.456 e. The first-order valence-corrected chi connectivity index (χ1v) is 17.3. The molecule has 0 saturated heterocycles. The smallest absolute Gasteiger partial charge is 0.165 e. The van der Waals surface area contributed by atoms with E-state index in [-0.39, 0.29) is 0 Å². The first-order chi connectivity index (χ1) is 25.2. The molecule has 0 aliphatic rings. The van der Waals surface area contributed by atoms with E-state index in [0.717, 1.165) is 91.3 Å². The van der Waals surface area contributed by atoms with Crippen LogP contribution in [0.4, 0.5) is 0 Å². The molecular formula is C46H33N3O2. The molecule has 6 aromatic carbocycles. The van der Waals surface area contributed by atoms with E-state index in [2.05, 4.69) is 91.5 Å². The summed E-state index contributed by atoms with van der Waals surface area (Å²) in [6.45, 7) is 4.02. The fraction of sp³-hybridized carbons (Fsp3) is 0.0652. The van der Waals surface area contributed by atoms with E-state index in [4.69, 9.17) is 23.8 Å². The Bertz CT molecular complexity index is 2670. The molecule has 9 aromatic rings. The van der Waals surface area contributed by atoms with E-state index in [1.165, 1.54) is 5.56 Å². The number of fused-ring (bicyclic) bond motifs is 4. The van der Waals surface area contributed by atoms with Gasteiger partial charge in [0.1, 0.15) is 22.5 Å². The summed E-state index contributed by atoms with van der Waals surface area (Å²) in [5, 5.41) is 3.19. The maximum absolute atomic E-state index is 6.40. The Morgan fingerprint density at radius 3 is 1.73 bits per heavy atom. The van der Waals surface area contributed by atoms with E-state index in [1.807, 2.05) is 66.7 Å². The van der Waals surface area contributed by atoms with Crippen LogP contribution >= 0.6 is 0 Å². The molecule has 3 heterocycles. The molecule has 0 spiro atoms. The predicted octanol–water partition coefficient (Wildman–Crippen LogP) is 12.0. The second-order valence-corrected chi connectivity index (χ2v) is 12.7. The van der Waals surface area contributed by atoms with Crippen LogP contribution in [-0.4, -0.2) is 15.0 Å². The summed E-state index contributed by atoms with van der Waals surface area (Å²) in [7, 11) is 0. The highest BCUT2D eigenvalue weighted by Gasteiger charge is 2.21. The van der Waals surface area contributed by atoms with Crippen molar-refractivity contribution in [3.05, 3.63) is 169 Å². The quantitative estimate of drug-likeness (QED) is 0.154. The number of aromatic nitrogens is 3. The molecule has 0 fully saturated rings. The lowest BCUT2D eigenvalue weighted by atomic mass is 9.94. The monoisotopic (exact) mass is 659 g/mol. The number of furan rings is 2. The summed E-state index contributed by atoms with van der Waals surface area (Å²) < 4.78 is 12.5. The molecule has 3 aromatic heterocycles. The maximum atomic E-state index is 6.40. The average Bonchev–Trinajstić information content (AvgIpc) is 3.76. The van der Waals surface area contributed by atoms with E-state index in [9.17, 15) is 0 Å². The van der Waals surface area contributed by atoms with E-state index in [0.29, 0.717) is 17.5 Å². The van der Waals surface area contributed by atoms with Crippen LogP contribution in [0.2, 0.25) is 0 Å². The predicted molar refractivity (Wildman–Crippen MR) is 207 cm³/mol. The fourth-order valence-electron chi connectivity index (χ4n) is 7.10. The highest BCUT2D eigenvalue weighted by molar-refractivity contribution is 6.12. The minimum absolute atomic E-state index is 0.620. The van der Waals surface area contributed by atoms with Crippen LogP contribution in [0.3, 0.4) is 0 Å². The highest BCUT2D eigenvalue weighted by atomic mass is 16.3. The normalized spacial score (nSPS) is 11.5. The third-order valence-corrected chi connectivity index (χ3v) is 9.56. The number of aryl methyl sites for hydroxylation is 2. The van der Waals surface area contributed by atoms with Crippen LogP contribution in [0, 0.1) is 0 Å². The van der Waals surface area contributed by atoms with Gasteiger partial charge in [-0.05, 0) is 60.2 Å². The summed E-state index contributed by atoms with van der Waals surface area (Å²) in [5.41, 5.74) is 9.99. The summed E-state index contributed by atoms with van der Waals surface area (Å²) in [6.07, 6.45) is 4.35. The summed E-state index contributed by atoms with van der Waals surface area (Å²) >= 11 is 0. The Kier molecular flexibility index (Phi) is 7.78. The first-order valence-electron chi connectivity index (χ1n) is 17.3. The standard InChI is InChI=1S/C46H33N3O2/c1-2-38-35(36-19-9-11-22-39(36)50-38)21-13-18-32-28-29-41-43(37-20-10-12-23-40(37)51-41)42(32)46-48-44(33-16-7-4-8-17-33)47-45(49-46)34-26-24-31(25-27-34)30-14-5-3-6-15-30/h2-12,14-17,19-20,22-29H,1,13,18,21H2. The van der Waals surface area contributed by atoms with Crippen molar-refractivity contribution >= 4 is 39.0 Å². The van der Waals surface area contributed by atoms with Crippen molar-refractivity contribution in [1.82, 2.24) is 15.0 Å². The molecule has 0 radical (unpaired) electrons. The Hall–Kier alpha value is -6.59. The van der Waals surface area contributed by atoms with Crippen molar-refractivity contribution in [2.75, 3.05) is 0 Å². The van der Waals surface area contributed by atoms with Gasteiger partial charge in [0.15, 0.2) is 17.5 Å². The number of benzene rings is 6. The van der Waals surface area contributed by atoms with E-state index >= 15 is 0 Å². The van der Waals surface area contributed by atoms with Gasteiger partial charge in [-0.3, -0.25) is 0 Å². The van der Waals surface area contributed by atoms with Crippen molar-refractivity contribution in [3.63, 3.8) is 0 Å². The lowest BCUT2D eigenvalue weighted by Crippen LogP contribution is -2.03. The van der Waals surface area contributed by atoms with Crippen molar-refractivity contribution < 1.29 is 8.83 Å². The lowest BCUT2D eigenvalue weighted by molar-refractivity contribution is 0.597. The molecule has 244 valence electrons. The first kappa shape index (κ1) is 30.5. The van der Waals surface area contributed by atoms with Gasteiger partial charge in [-0.25, -0.2) is 15.0 Å². The summed E-state index contributed by atoms with van der Waals surface area (Å²) in [4.78, 5) is 15.5. The van der Waals surface area contributed by atoms with Crippen molar-refractivity contribution in [3.8, 4) is 45.3 Å². The van der Waals surface area contributed by atoms with Crippen LogP contribution in [0.5, 0.6) is 0 Å². The topological polar surface area (TPSA) is 65.0 Å². The van der Waals surface area contributed by atoms with Gasteiger partial charge in [0.2, 0.25) is 0 Å². The number of nitrogens with zero attached hydrogens (tertiary/aromatic N) is 3. The Morgan fingerprint density at radius 1 is 0.471 bits per heavy atom. The van der Waals surface area contributed by atoms with Crippen molar-refractivity contribution in [1.29, 1.82) is 0 Å². The van der Waals surface area contributed by atoms with Crippen LogP contribution in [0.15, 0.2) is 161 Å². The molecule has 0 bridgehead atoms. The summed E-state index contributed by atoms with van der Waals surface area (Å²) in [5.74, 6) is 2.70. The zero-order chi connectivity index (χ0) is 34.1. The van der Waals surface area contributed by atoms with Crippen molar-refractivity contribution in [2.45, 2.75) is 19.3 Å². The van der Waals surface area contributed by atoms with Gasteiger partial charge in [-0.2, -0.15) is 0 Å². The van der Waals surface area contributed by atoms with Crippen molar-refractivity contribution in [2.24, 2.45) is 0 Å². The number of hydrogen-bond acceptors (Lipinski definition) is 5. The van der Waals surface area contributed by atoms with Gasteiger partial charge in [0.25, 0.3) is 0 Å². The average molecular weight is 660 g/mol. The number of rotatable bonds is 9. The van der Waals surface area contributed by atoms with Crippen LogP contribution in [-0.2, 0) is 12.8 Å². The van der Waals surface area contributed by atoms with Gasteiger partial charge in [-0.1, -0.05) is 134 Å². The molecule has 5 heteroatoms. The fourth-order valence-corrected chi connectivity index (χ4v) is 7.10. The molecular weight excluding hydrogens is 627 g/mol. The molecule has 51 heavy (non-hydrogen) atoms. The zero-order valence-electron chi connectivity index (χ0n) is 27.9. The molecule has 0 saturated carbocycles. The molecule has 0 atom stereocenters. The molecule has 9 rings (SSSR count). The number of para-hydroxylation sites is 2. The van der Waals surface area contributed by atoms with Crippen LogP contribution in [0.1, 0.15) is 23.3 Å². The van der Waals surface area contributed by atoms with Crippen LogP contribution in [0.25, 0.3) is 84.3 Å². The van der Waals surface area contributed by atoms with Gasteiger partial charge in [0, 0.05) is 38.4 Å². The third-order valence-electron chi connectivity index (χ3n) is 9.56. The second kappa shape index (κ2) is 13.0. The van der Waals surface area contributed by atoms with Gasteiger partial charge in [-0.15, -0.1) is 0 Å². The maximum Gasteiger partial charge on any atom is 0.165 e. The molecule has 5 nitrogen and oxygen atoms in total. The second-order valence-electron chi connectivity index (χ2n) is 12.7. The van der Waals surface area contributed by atoms with E-state index in [1.54, 1.807) is 0 Å². The molecule has 0 amide bonds. The van der Waals surface area contributed by atoms with Gasteiger partial charge in [0.05, 0.1) is 0 Å². The van der Waals surface area contributed by atoms with Gasteiger partial charge < -0.3 is 8.83 Å². The van der Waals surface area contributed by atoms with Gasteiger partial charge >= 0.3 is 0 Å². The Balaban J connectivity index is 1.19. The lowest BCUT2D eigenvalue weighted by Gasteiger charge is -2.13. The third kappa shape index (κ3) is 5.69. The molecule has 0 aliphatic carbocycles. The van der Waals surface area contributed by atoms with Crippen LogP contribution < -0.4 is 0 Å². The Labute approximate surface area is 295 Å². The molecule has 0 N–H and O–H groups in total. The summed E-state index contributed by atoms with van der Waals surface area (Å²) in [6, 6.07) is 49.6.